The van der Waals surface area contributed by atoms with Crippen molar-refractivity contribution in [1.82, 2.24) is 15.0 Å². The van der Waals surface area contributed by atoms with Crippen LogP contribution in [-0.2, 0) is 21.2 Å². The molecule has 0 aliphatic carbocycles. The summed E-state index contributed by atoms with van der Waals surface area (Å²) in [6.45, 7) is 0.896. The highest BCUT2D eigenvalue weighted by Crippen LogP contribution is 2.27. The Morgan fingerprint density at radius 1 is 1.25 bits per heavy atom. The fraction of sp³-hybridized carbons (Fsp3) is 0.286. The fourth-order valence-electron chi connectivity index (χ4n) is 3.26. The van der Waals surface area contributed by atoms with Crippen LogP contribution in [-0.4, -0.2) is 47.2 Å². The van der Waals surface area contributed by atoms with Gasteiger partial charge in [-0.15, -0.1) is 0 Å². The van der Waals surface area contributed by atoms with Crippen LogP contribution in [0.25, 0.3) is 22.0 Å². The van der Waals surface area contributed by atoms with Crippen molar-refractivity contribution < 1.29 is 27.5 Å². The number of carbonyl (C=O) groups is 1. The van der Waals surface area contributed by atoms with Crippen molar-refractivity contribution >= 4 is 26.6 Å². The molecule has 2 aromatic carbocycles. The zero-order valence-corrected chi connectivity index (χ0v) is 18.4. The maximum Gasteiger partial charge on any atom is 0.264 e. The number of halogens is 1. The molecule has 1 atom stereocenters. The van der Waals surface area contributed by atoms with Crippen molar-refractivity contribution in [3.05, 3.63) is 58.9 Å². The number of amides is 1. The van der Waals surface area contributed by atoms with E-state index in [2.05, 4.69) is 4.98 Å². The molecule has 9 nitrogen and oxygen atoms in total. The van der Waals surface area contributed by atoms with Crippen molar-refractivity contribution in [2.45, 2.75) is 24.6 Å². The summed E-state index contributed by atoms with van der Waals surface area (Å²) in [6, 6.07) is 9.75. The molecule has 3 aromatic rings. The summed E-state index contributed by atoms with van der Waals surface area (Å²) in [5.41, 5.74) is 1.99. The third kappa shape index (κ3) is 4.21. The Hall–Kier alpha value is -3.31. The predicted molar refractivity (Wildman–Crippen MR) is 116 cm³/mol. The average molecular weight is 463 g/mol. The minimum Gasteiger partial charge on any atom is -0.497 e. The Kier molecular flexibility index (Phi) is 6.33. The Bertz CT molecular complexity index is 1340. The van der Waals surface area contributed by atoms with Crippen LogP contribution in [0.5, 0.6) is 5.75 Å². The lowest BCUT2D eigenvalue weighted by atomic mass is 10.0. The van der Waals surface area contributed by atoms with Crippen LogP contribution in [0.15, 0.2) is 47.5 Å². The van der Waals surface area contributed by atoms with Crippen molar-refractivity contribution in [2.24, 2.45) is 0 Å². The first-order valence-electron chi connectivity index (χ1n) is 9.49. The molecule has 0 spiro atoms. The molecule has 170 valence electrons. The first-order valence-corrected chi connectivity index (χ1v) is 11.4. The molecule has 0 unspecified atom stereocenters. The van der Waals surface area contributed by atoms with Gasteiger partial charge in [0.1, 0.15) is 17.0 Å². The Labute approximate surface area is 183 Å². The number of carbonyl (C=O) groups excluding carboxylic acids is 1. The highest BCUT2D eigenvalue weighted by molar-refractivity contribution is 7.92. The number of rotatable bonds is 7. The van der Waals surface area contributed by atoms with E-state index < -0.39 is 31.9 Å². The zero-order chi connectivity index (χ0) is 23.7. The molecule has 0 fully saturated rings. The molecule has 0 saturated carbocycles. The van der Waals surface area contributed by atoms with Gasteiger partial charge in [0.25, 0.3) is 11.5 Å². The predicted octanol–water partition coefficient (Wildman–Crippen LogP) is 1.91. The van der Waals surface area contributed by atoms with Crippen LogP contribution < -0.4 is 15.8 Å². The zero-order valence-electron chi connectivity index (χ0n) is 17.6. The van der Waals surface area contributed by atoms with Crippen LogP contribution in [0.4, 0.5) is 4.39 Å². The number of aromatic nitrogens is 2. The number of nitrogens with zero attached hydrogens (tertiary/aromatic N) is 2. The number of hydrogen-bond donors (Lipinski definition) is 2. The van der Waals surface area contributed by atoms with Gasteiger partial charge >= 0.3 is 0 Å². The maximum absolute atomic E-state index is 14.9. The molecule has 1 amide bonds. The van der Waals surface area contributed by atoms with Gasteiger partial charge in [0.2, 0.25) is 0 Å². The monoisotopic (exact) mass is 463 g/mol. The molecule has 0 saturated heterocycles. The Balaban J connectivity index is 1.99. The highest BCUT2D eigenvalue weighted by atomic mass is 32.2. The van der Waals surface area contributed by atoms with Crippen LogP contribution in [0.1, 0.15) is 13.3 Å². The largest absolute Gasteiger partial charge is 0.497 e. The minimum absolute atomic E-state index is 0.135. The molecular weight excluding hydrogens is 441 g/mol. The van der Waals surface area contributed by atoms with E-state index in [1.165, 1.54) is 25.0 Å². The number of benzene rings is 2. The van der Waals surface area contributed by atoms with Gasteiger partial charge in [0.15, 0.2) is 14.6 Å². The summed E-state index contributed by atoms with van der Waals surface area (Å²) in [4.78, 5) is 29.0. The van der Waals surface area contributed by atoms with Gasteiger partial charge < -0.3 is 4.74 Å². The molecule has 32 heavy (non-hydrogen) atoms. The van der Waals surface area contributed by atoms with E-state index >= 15 is 0 Å². The molecule has 0 bridgehead atoms. The normalized spacial score (nSPS) is 13.5. The molecular formula is C21H22FN3O6S. The van der Waals surface area contributed by atoms with E-state index in [4.69, 9.17) is 9.94 Å². The van der Waals surface area contributed by atoms with Gasteiger partial charge in [0, 0.05) is 12.8 Å². The molecule has 11 heteroatoms. The molecule has 1 heterocycles. The van der Waals surface area contributed by atoms with Crippen LogP contribution in [0.3, 0.4) is 0 Å². The molecule has 0 aliphatic heterocycles. The average Bonchev–Trinajstić information content (AvgIpc) is 2.76. The Morgan fingerprint density at radius 3 is 2.47 bits per heavy atom. The summed E-state index contributed by atoms with van der Waals surface area (Å²) in [5, 5.41) is 8.66. The second kappa shape index (κ2) is 8.67. The number of ether oxygens (including phenoxy) is 1. The smallest absolute Gasteiger partial charge is 0.264 e. The van der Waals surface area contributed by atoms with Crippen LogP contribution >= 0.6 is 0 Å². The number of fused-ring (bicyclic) bond motifs is 1. The summed E-state index contributed by atoms with van der Waals surface area (Å²) in [5.74, 6) is -1.26. The lowest BCUT2D eigenvalue weighted by Crippen LogP contribution is -2.50. The van der Waals surface area contributed by atoms with E-state index in [1.54, 1.807) is 30.3 Å². The van der Waals surface area contributed by atoms with E-state index in [0.717, 1.165) is 17.7 Å². The number of methoxy groups -OCH3 is 1. The first kappa shape index (κ1) is 23.4. The number of hydrogen-bond acceptors (Lipinski definition) is 7. The second-order valence-corrected chi connectivity index (χ2v) is 9.96. The number of aryl methyl sites for hydroxylation is 1. The molecule has 1 aromatic heterocycles. The lowest BCUT2D eigenvalue weighted by molar-refractivity contribution is -0.131. The van der Waals surface area contributed by atoms with E-state index in [1.807, 2.05) is 0 Å². The van der Waals surface area contributed by atoms with Crippen molar-refractivity contribution in [1.29, 1.82) is 0 Å². The van der Waals surface area contributed by atoms with E-state index in [-0.39, 0.29) is 23.9 Å². The first-order chi connectivity index (χ1) is 15.0. The lowest BCUT2D eigenvalue weighted by Gasteiger charge is -2.25. The fourth-order valence-corrected chi connectivity index (χ4v) is 4.11. The van der Waals surface area contributed by atoms with Crippen molar-refractivity contribution in [3.8, 4) is 16.9 Å². The molecule has 0 aliphatic rings. The molecule has 0 radical (unpaired) electrons. The quantitative estimate of drug-likeness (QED) is 0.405. The van der Waals surface area contributed by atoms with Crippen LogP contribution in [0, 0.1) is 5.82 Å². The molecule has 3 rings (SSSR count). The summed E-state index contributed by atoms with van der Waals surface area (Å²) in [6.07, 6.45) is 1.68. The minimum atomic E-state index is -3.94. The number of hydroxylamine groups is 1. The summed E-state index contributed by atoms with van der Waals surface area (Å²) in [7, 11) is -2.41. The maximum atomic E-state index is 14.9. The summed E-state index contributed by atoms with van der Waals surface area (Å²) >= 11 is 0. The van der Waals surface area contributed by atoms with Crippen molar-refractivity contribution in [2.75, 3.05) is 13.4 Å². The summed E-state index contributed by atoms with van der Waals surface area (Å²) < 4.78 is 43.2. The third-order valence-electron chi connectivity index (χ3n) is 5.53. The highest BCUT2D eigenvalue weighted by Gasteiger charge is 2.43. The second-order valence-electron chi connectivity index (χ2n) is 7.52. The van der Waals surface area contributed by atoms with Gasteiger partial charge in [-0.2, -0.15) is 0 Å². The van der Waals surface area contributed by atoms with Crippen molar-refractivity contribution in [3.63, 3.8) is 0 Å². The topological polar surface area (TPSA) is 128 Å². The number of nitrogens with one attached hydrogen (secondary N) is 1. The standard InChI is InChI=1S/C21H22FN3O6S/c1-21(20(27)24-28,32(3,29)30)8-9-25-12-23-17-11-14(10-16(22)18(17)19(25)26)13-4-6-15(31-2)7-5-13/h4-7,10-12,28H,8-9H2,1-3H3,(H,24,27)/t21-/m1/s1. The molecule has 2 N–H and O–H groups in total. The van der Waals surface area contributed by atoms with Gasteiger partial charge in [-0.05, 0) is 48.7 Å². The third-order valence-corrected chi connectivity index (χ3v) is 7.56. The van der Waals surface area contributed by atoms with Gasteiger partial charge in [-0.25, -0.2) is 23.3 Å². The SMILES string of the molecule is COc1ccc(-c2cc(F)c3c(=O)n(CC[C@](C)(C(=O)NO)S(C)(=O)=O)cnc3c2)cc1. The van der Waals surface area contributed by atoms with Gasteiger partial charge in [0.05, 0.1) is 19.0 Å². The van der Waals surface area contributed by atoms with E-state index in [9.17, 15) is 22.4 Å². The Morgan fingerprint density at radius 2 is 1.91 bits per heavy atom. The van der Waals surface area contributed by atoms with E-state index in [0.29, 0.717) is 16.9 Å². The van der Waals surface area contributed by atoms with Crippen LogP contribution in [0.2, 0.25) is 0 Å². The number of sulfone groups is 1. The van der Waals surface area contributed by atoms with Gasteiger partial charge in [-0.3, -0.25) is 19.4 Å². The van der Waals surface area contributed by atoms with Gasteiger partial charge in [-0.1, -0.05) is 12.1 Å².